The molecule has 2 saturated carbocycles. The number of methoxy groups -OCH3 is 1. The predicted octanol–water partition coefficient (Wildman–Crippen LogP) is 3.71. The largest absolute Gasteiger partial charge is 0.497 e. The molecule has 0 radical (unpaired) electrons. The van der Waals surface area contributed by atoms with Gasteiger partial charge in [-0.25, -0.2) is 0 Å². The molecule has 2 amide bonds. The SMILES string of the molecule is COc1ccc(CCC(=O)N(Cc2ccc(C(=O)NC3CC3)cc2)C2CC2)cc1. The third-order valence-corrected chi connectivity index (χ3v) is 5.58. The summed E-state index contributed by atoms with van der Waals surface area (Å²) in [5, 5.41) is 3.00. The summed E-state index contributed by atoms with van der Waals surface area (Å²) in [5.41, 5.74) is 2.89. The van der Waals surface area contributed by atoms with Gasteiger partial charge in [-0.15, -0.1) is 0 Å². The van der Waals surface area contributed by atoms with E-state index in [-0.39, 0.29) is 11.8 Å². The van der Waals surface area contributed by atoms with Gasteiger partial charge in [-0.3, -0.25) is 9.59 Å². The van der Waals surface area contributed by atoms with Crippen molar-refractivity contribution >= 4 is 11.8 Å². The number of ether oxygens (including phenoxy) is 1. The van der Waals surface area contributed by atoms with Crippen LogP contribution >= 0.6 is 0 Å². The van der Waals surface area contributed by atoms with E-state index < -0.39 is 0 Å². The van der Waals surface area contributed by atoms with E-state index in [0.29, 0.717) is 30.6 Å². The minimum Gasteiger partial charge on any atom is -0.497 e. The molecular weight excluding hydrogens is 364 g/mol. The Morgan fingerprint density at radius 3 is 2.21 bits per heavy atom. The molecule has 2 fully saturated rings. The lowest BCUT2D eigenvalue weighted by atomic mass is 10.1. The highest BCUT2D eigenvalue weighted by Gasteiger charge is 2.32. The molecule has 0 unspecified atom stereocenters. The monoisotopic (exact) mass is 392 g/mol. The molecule has 0 spiro atoms. The van der Waals surface area contributed by atoms with Crippen LogP contribution in [0.4, 0.5) is 0 Å². The second kappa shape index (κ2) is 8.68. The lowest BCUT2D eigenvalue weighted by Gasteiger charge is -2.23. The molecule has 2 aromatic carbocycles. The molecule has 1 N–H and O–H groups in total. The molecular formula is C24H28N2O3. The van der Waals surface area contributed by atoms with Crippen molar-refractivity contribution in [1.29, 1.82) is 0 Å². The van der Waals surface area contributed by atoms with Gasteiger partial charge in [0, 0.05) is 30.6 Å². The highest BCUT2D eigenvalue weighted by molar-refractivity contribution is 5.94. The third kappa shape index (κ3) is 5.37. The van der Waals surface area contributed by atoms with Gasteiger partial charge < -0.3 is 15.0 Å². The van der Waals surface area contributed by atoms with Crippen LogP contribution in [0.15, 0.2) is 48.5 Å². The van der Waals surface area contributed by atoms with Gasteiger partial charge in [-0.2, -0.15) is 0 Å². The normalized spacial score (nSPS) is 15.6. The fourth-order valence-corrected chi connectivity index (χ4v) is 3.45. The maximum Gasteiger partial charge on any atom is 0.251 e. The number of rotatable bonds is 9. The van der Waals surface area contributed by atoms with Crippen LogP contribution in [0.3, 0.4) is 0 Å². The zero-order valence-electron chi connectivity index (χ0n) is 16.9. The van der Waals surface area contributed by atoms with Gasteiger partial charge in [0.15, 0.2) is 0 Å². The number of nitrogens with one attached hydrogen (secondary N) is 1. The van der Waals surface area contributed by atoms with Gasteiger partial charge in [0.2, 0.25) is 5.91 Å². The van der Waals surface area contributed by atoms with Crippen LogP contribution in [-0.2, 0) is 17.8 Å². The molecule has 0 atom stereocenters. The van der Waals surface area contributed by atoms with Gasteiger partial charge in [0.25, 0.3) is 5.91 Å². The molecule has 4 rings (SSSR count). The lowest BCUT2D eigenvalue weighted by molar-refractivity contribution is -0.132. The lowest BCUT2D eigenvalue weighted by Crippen LogP contribution is -2.32. The molecule has 0 heterocycles. The number of carbonyl (C=O) groups is 2. The van der Waals surface area contributed by atoms with Crippen LogP contribution in [-0.4, -0.2) is 35.9 Å². The van der Waals surface area contributed by atoms with Crippen LogP contribution in [0, 0.1) is 0 Å². The summed E-state index contributed by atoms with van der Waals surface area (Å²) in [5.74, 6) is 1.02. The Morgan fingerprint density at radius 2 is 1.62 bits per heavy atom. The van der Waals surface area contributed by atoms with E-state index in [0.717, 1.165) is 49.0 Å². The molecule has 29 heavy (non-hydrogen) atoms. The summed E-state index contributed by atoms with van der Waals surface area (Å²) >= 11 is 0. The molecule has 2 aliphatic carbocycles. The minimum atomic E-state index is -0.00586. The van der Waals surface area contributed by atoms with Gasteiger partial charge in [0.1, 0.15) is 5.75 Å². The first-order valence-electron chi connectivity index (χ1n) is 10.4. The second-order valence-corrected chi connectivity index (χ2v) is 8.05. The number of aryl methyl sites for hydroxylation is 1. The zero-order valence-corrected chi connectivity index (χ0v) is 16.9. The van der Waals surface area contributed by atoms with Crippen molar-refractivity contribution in [3.8, 4) is 5.75 Å². The number of nitrogens with zero attached hydrogens (tertiary/aromatic N) is 1. The number of hydrogen-bond donors (Lipinski definition) is 1. The van der Waals surface area contributed by atoms with Gasteiger partial charge in [-0.05, 0) is 67.5 Å². The summed E-state index contributed by atoms with van der Waals surface area (Å²) in [6, 6.07) is 16.3. The molecule has 0 bridgehead atoms. The van der Waals surface area contributed by atoms with E-state index in [2.05, 4.69) is 5.32 Å². The zero-order chi connectivity index (χ0) is 20.2. The molecule has 152 valence electrons. The highest BCUT2D eigenvalue weighted by atomic mass is 16.5. The maximum atomic E-state index is 12.9. The van der Waals surface area contributed by atoms with Crippen LogP contribution < -0.4 is 10.1 Å². The summed E-state index contributed by atoms with van der Waals surface area (Å²) in [4.78, 5) is 27.0. The van der Waals surface area contributed by atoms with E-state index in [1.807, 2.05) is 53.4 Å². The summed E-state index contributed by atoms with van der Waals surface area (Å²) in [7, 11) is 1.65. The summed E-state index contributed by atoms with van der Waals surface area (Å²) in [6.07, 6.45) is 5.56. The Hall–Kier alpha value is -2.82. The van der Waals surface area contributed by atoms with Crippen molar-refractivity contribution < 1.29 is 14.3 Å². The number of hydrogen-bond acceptors (Lipinski definition) is 3. The number of carbonyl (C=O) groups excluding carboxylic acids is 2. The first kappa shape index (κ1) is 19.5. The van der Waals surface area contributed by atoms with Gasteiger partial charge in [0.05, 0.1) is 7.11 Å². The van der Waals surface area contributed by atoms with Crippen molar-refractivity contribution in [2.75, 3.05) is 7.11 Å². The summed E-state index contributed by atoms with van der Waals surface area (Å²) in [6.45, 7) is 0.608. The van der Waals surface area contributed by atoms with Crippen LogP contribution in [0.2, 0.25) is 0 Å². The number of amides is 2. The molecule has 2 aliphatic rings. The third-order valence-electron chi connectivity index (χ3n) is 5.58. The summed E-state index contributed by atoms with van der Waals surface area (Å²) < 4.78 is 5.18. The van der Waals surface area contributed by atoms with E-state index in [1.165, 1.54) is 0 Å². The minimum absolute atomic E-state index is 0.00586. The fourth-order valence-electron chi connectivity index (χ4n) is 3.45. The molecule has 0 aromatic heterocycles. The van der Waals surface area contributed by atoms with Crippen molar-refractivity contribution in [3.05, 3.63) is 65.2 Å². The smallest absolute Gasteiger partial charge is 0.251 e. The van der Waals surface area contributed by atoms with E-state index in [9.17, 15) is 9.59 Å². The van der Waals surface area contributed by atoms with Crippen molar-refractivity contribution in [2.24, 2.45) is 0 Å². The first-order chi connectivity index (χ1) is 14.1. The Balaban J connectivity index is 1.33. The standard InChI is InChI=1S/C24H28N2O3/c1-29-22-13-4-17(5-14-22)6-15-23(27)26(21-11-12-21)16-18-2-7-19(8-3-18)24(28)25-20-9-10-20/h2-5,7-8,13-14,20-21H,6,9-12,15-16H2,1H3,(H,25,28). The Labute approximate surface area is 172 Å². The number of benzene rings is 2. The van der Waals surface area contributed by atoms with E-state index in [1.54, 1.807) is 7.11 Å². The molecule has 5 nitrogen and oxygen atoms in total. The van der Waals surface area contributed by atoms with Crippen molar-refractivity contribution in [2.45, 2.75) is 57.2 Å². The molecule has 0 aliphatic heterocycles. The van der Waals surface area contributed by atoms with E-state index in [4.69, 9.17) is 4.74 Å². The van der Waals surface area contributed by atoms with Gasteiger partial charge in [-0.1, -0.05) is 24.3 Å². The second-order valence-electron chi connectivity index (χ2n) is 8.05. The molecule has 0 saturated heterocycles. The van der Waals surface area contributed by atoms with E-state index >= 15 is 0 Å². The topological polar surface area (TPSA) is 58.6 Å². The Morgan fingerprint density at radius 1 is 0.966 bits per heavy atom. The Kier molecular flexibility index (Phi) is 5.84. The van der Waals surface area contributed by atoms with Crippen molar-refractivity contribution in [3.63, 3.8) is 0 Å². The van der Waals surface area contributed by atoms with Crippen LogP contribution in [0.1, 0.15) is 53.6 Å². The fraction of sp³-hybridized carbons (Fsp3) is 0.417. The first-order valence-corrected chi connectivity index (χ1v) is 10.4. The van der Waals surface area contributed by atoms with Gasteiger partial charge >= 0.3 is 0 Å². The van der Waals surface area contributed by atoms with Crippen LogP contribution in [0.5, 0.6) is 5.75 Å². The van der Waals surface area contributed by atoms with Crippen molar-refractivity contribution in [1.82, 2.24) is 10.2 Å². The highest BCUT2D eigenvalue weighted by Crippen LogP contribution is 2.29. The average Bonchev–Trinajstić information content (AvgIpc) is 3.66. The average molecular weight is 392 g/mol. The molecule has 5 heteroatoms. The van der Waals surface area contributed by atoms with Crippen LogP contribution in [0.25, 0.3) is 0 Å². The quantitative estimate of drug-likeness (QED) is 0.708. The molecule has 2 aromatic rings. The predicted molar refractivity (Wildman–Crippen MR) is 112 cm³/mol. The Bertz CT molecular complexity index is 853. The maximum absolute atomic E-state index is 12.9.